The van der Waals surface area contributed by atoms with E-state index in [0.29, 0.717) is 51.3 Å². The molecule has 174 valence electrons. The molecule has 0 spiro atoms. The number of anilines is 2. The van der Waals surface area contributed by atoms with Crippen molar-refractivity contribution in [3.63, 3.8) is 0 Å². The summed E-state index contributed by atoms with van der Waals surface area (Å²) in [5, 5.41) is 17.0. The Morgan fingerprint density at radius 3 is 2.67 bits per heavy atom. The topological polar surface area (TPSA) is 136 Å². The first-order valence-electron chi connectivity index (χ1n) is 10.7. The van der Waals surface area contributed by atoms with Crippen LogP contribution in [0.2, 0.25) is 0 Å². The molecule has 0 unspecified atom stereocenters. The van der Waals surface area contributed by atoms with E-state index < -0.39 is 17.5 Å². The summed E-state index contributed by atoms with van der Waals surface area (Å²) in [7, 11) is 0. The summed E-state index contributed by atoms with van der Waals surface area (Å²) >= 11 is 0. The third kappa shape index (κ3) is 4.90. The minimum absolute atomic E-state index is 0.141. The van der Waals surface area contributed by atoms with E-state index in [4.69, 9.17) is 15.2 Å². The number of rotatable bonds is 6. The summed E-state index contributed by atoms with van der Waals surface area (Å²) in [4.78, 5) is 26.2. The van der Waals surface area contributed by atoms with Gasteiger partial charge in [-0.1, -0.05) is 0 Å². The first kappa shape index (κ1) is 22.5. The first-order chi connectivity index (χ1) is 15.9. The maximum absolute atomic E-state index is 13.2. The number of benzene rings is 1. The zero-order chi connectivity index (χ0) is 23.4. The van der Waals surface area contributed by atoms with E-state index >= 15 is 0 Å². The molecule has 10 nitrogen and oxygen atoms in total. The van der Waals surface area contributed by atoms with Crippen molar-refractivity contribution >= 4 is 23.5 Å². The van der Waals surface area contributed by atoms with Crippen LogP contribution >= 0.6 is 0 Å². The van der Waals surface area contributed by atoms with Crippen molar-refractivity contribution in [3.05, 3.63) is 41.8 Å². The van der Waals surface area contributed by atoms with Gasteiger partial charge in [-0.3, -0.25) is 9.48 Å². The molecule has 0 saturated carbocycles. The van der Waals surface area contributed by atoms with Crippen LogP contribution in [0.3, 0.4) is 0 Å². The molecule has 0 aliphatic carbocycles. The number of amides is 2. The predicted molar refractivity (Wildman–Crippen MR) is 115 cm³/mol. The number of nitrogens with zero attached hydrogens (tertiary/aromatic N) is 4. The molecule has 3 N–H and O–H groups in total. The van der Waals surface area contributed by atoms with Crippen LogP contribution in [0, 0.1) is 17.1 Å². The number of likely N-dealkylation sites (tertiary alicyclic amines) is 1. The van der Waals surface area contributed by atoms with Crippen LogP contribution in [-0.4, -0.2) is 59.1 Å². The summed E-state index contributed by atoms with van der Waals surface area (Å²) in [6.07, 6.45) is 2.63. The van der Waals surface area contributed by atoms with Crippen molar-refractivity contribution < 1.29 is 23.5 Å². The molecular weight excluding hydrogens is 431 g/mol. The summed E-state index contributed by atoms with van der Waals surface area (Å²) in [6.45, 7) is 1.74. The van der Waals surface area contributed by atoms with Crippen LogP contribution in [0.1, 0.15) is 36.0 Å². The highest BCUT2D eigenvalue weighted by molar-refractivity contribution is 5.98. The maximum Gasteiger partial charge on any atom is 0.410 e. The number of halogens is 1. The van der Waals surface area contributed by atoms with Crippen molar-refractivity contribution in [2.24, 2.45) is 5.73 Å². The third-order valence-corrected chi connectivity index (χ3v) is 6.09. The van der Waals surface area contributed by atoms with E-state index in [-0.39, 0.29) is 29.7 Å². The number of aromatic nitrogens is 2. The second-order valence-electron chi connectivity index (χ2n) is 8.25. The Hall–Kier alpha value is -3.65. The van der Waals surface area contributed by atoms with Crippen molar-refractivity contribution in [2.45, 2.75) is 37.3 Å². The molecule has 2 aliphatic rings. The number of piperidine rings is 1. The van der Waals surface area contributed by atoms with Gasteiger partial charge in [0.05, 0.1) is 31.2 Å². The predicted octanol–water partition coefficient (Wildman–Crippen LogP) is 2.49. The molecule has 1 aromatic heterocycles. The fraction of sp³-hybridized carbons (Fsp3) is 0.455. The molecule has 2 aliphatic heterocycles. The Morgan fingerprint density at radius 2 is 2.06 bits per heavy atom. The zero-order valence-electron chi connectivity index (χ0n) is 18.0. The summed E-state index contributed by atoms with van der Waals surface area (Å²) < 4.78 is 25.5. The molecule has 0 bridgehead atoms. The Morgan fingerprint density at radius 1 is 1.33 bits per heavy atom. The smallest absolute Gasteiger partial charge is 0.410 e. The molecule has 2 aromatic rings. The van der Waals surface area contributed by atoms with Gasteiger partial charge < -0.3 is 25.4 Å². The highest BCUT2D eigenvalue weighted by Gasteiger charge is 2.40. The highest BCUT2D eigenvalue weighted by Crippen LogP contribution is 2.35. The van der Waals surface area contributed by atoms with Gasteiger partial charge in [0.15, 0.2) is 5.82 Å². The van der Waals surface area contributed by atoms with Gasteiger partial charge in [0.2, 0.25) is 0 Å². The molecule has 11 heteroatoms. The van der Waals surface area contributed by atoms with Crippen LogP contribution in [-0.2, 0) is 15.0 Å². The zero-order valence-corrected chi connectivity index (χ0v) is 18.0. The molecular formula is C22H25FN6O4. The molecule has 1 aromatic carbocycles. The summed E-state index contributed by atoms with van der Waals surface area (Å²) in [5.74, 6) is -0.854. The normalized spacial score (nSPS) is 19.6. The van der Waals surface area contributed by atoms with Crippen LogP contribution < -0.4 is 11.1 Å². The maximum atomic E-state index is 13.2. The number of hydrogen-bond donors (Lipinski definition) is 2. The molecule has 33 heavy (non-hydrogen) atoms. The molecule has 2 fully saturated rings. The largest absolute Gasteiger partial charge is 0.444 e. The van der Waals surface area contributed by atoms with Crippen LogP contribution in [0.25, 0.3) is 0 Å². The van der Waals surface area contributed by atoms with E-state index in [0.717, 1.165) is 0 Å². The van der Waals surface area contributed by atoms with Crippen molar-refractivity contribution in [1.29, 1.82) is 5.26 Å². The fourth-order valence-corrected chi connectivity index (χ4v) is 4.12. The van der Waals surface area contributed by atoms with Gasteiger partial charge in [0.1, 0.15) is 17.5 Å². The minimum Gasteiger partial charge on any atom is -0.444 e. The van der Waals surface area contributed by atoms with Gasteiger partial charge in [-0.25, -0.2) is 9.18 Å². The lowest BCUT2D eigenvalue weighted by molar-refractivity contribution is 0.0350. The van der Waals surface area contributed by atoms with E-state index in [9.17, 15) is 19.2 Å². The number of nitrogens with two attached hydrogens (primary N) is 1. The van der Waals surface area contributed by atoms with Crippen molar-refractivity contribution in [1.82, 2.24) is 14.7 Å². The summed E-state index contributed by atoms with van der Waals surface area (Å²) in [6, 6.07) is 7.81. The Balaban J connectivity index is 1.52. The van der Waals surface area contributed by atoms with Crippen LogP contribution in [0.4, 0.5) is 20.7 Å². The first-order valence-corrected chi connectivity index (χ1v) is 10.7. The van der Waals surface area contributed by atoms with E-state index in [1.807, 2.05) is 0 Å². The number of carbonyl (C=O) groups is 2. The van der Waals surface area contributed by atoms with Crippen LogP contribution in [0.15, 0.2) is 30.5 Å². The van der Waals surface area contributed by atoms with Crippen molar-refractivity contribution in [2.75, 3.05) is 31.6 Å². The SMILES string of the molecule is N#CCC1(n2cc(C(N)=O)c(Nc3ccc(F)cc3)n2)CCN(C(=O)O[C@@H]2CCOC2)CC1. The standard InChI is InChI=1S/C22H25FN6O4/c23-15-1-3-16(4-2-15)26-20-18(19(25)30)13-29(27-20)22(6-9-24)7-10-28(11-8-22)21(31)33-17-5-12-32-14-17/h1-4,13,17H,5-8,10-12,14H2,(H2,25,30)(H,26,27)/t17-/m1/s1. The average molecular weight is 456 g/mol. The Kier molecular flexibility index (Phi) is 6.46. The summed E-state index contributed by atoms with van der Waals surface area (Å²) in [5.41, 5.74) is 5.53. The molecule has 4 rings (SSSR count). The number of primary amides is 1. The average Bonchev–Trinajstić information content (AvgIpc) is 3.46. The lowest BCUT2D eigenvalue weighted by atomic mass is 9.85. The van der Waals surface area contributed by atoms with Crippen molar-refractivity contribution in [3.8, 4) is 6.07 Å². The van der Waals surface area contributed by atoms with Gasteiger partial charge in [-0.05, 0) is 37.1 Å². The molecule has 2 amide bonds. The number of ether oxygens (including phenoxy) is 2. The number of carbonyl (C=O) groups excluding carboxylic acids is 2. The number of nitriles is 1. The van der Waals surface area contributed by atoms with Gasteiger partial charge in [-0.15, -0.1) is 0 Å². The third-order valence-electron chi connectivity index (χ3n) is 6.09. The molecule has 1 atom stereocenters. The second-order valence-corrected chi connectivity index (χ2v) is 8.25. The quantitative estimate of drug-likeness (QED) is 0.682. The fourth-order valence-electron chi connectivity index (χ4n) is 4.12. The Labute approximate surface area is 190 Å². The van der Waals surface area contributed by atoms with Gasteiger partial charge in [0.25, 0.3) is 5.91 Å². The number of hydrogen-bond acceptors (Lipinski definition) is 7. The van der Waals surface area contributed by atoms with Crippen LogP contribution in [0.5, 0.6) is 0 Å². The van der Waals surface area contributed by atoms with Gasteiger partial charge >= 0.3 is 6.09 Å². The lowest BCUT2D eigenvalue weighted by Gasteiger charge is -2.40. The number of nitrogens with one attached hydrogen (secondary N) is 1. The van der Waals surface area contributed by atoms with Gasteiger partial charge in [0, 0.05) is 31.4 Å². The monoisotopic (exact) mass is 456 g/mol. The van der Waals surface area contributed by atoms with Gasteiger partial charge in [-0.2, -0.15) is 10.4 Å². The molecule has 3 heterocycles. The van der Waals surface area contributed by atoms with E-state index in [2.05, 4.69) is 16.5 Å². The van der Waals surface area contributed by atoms with E-state index in [1.165, 1.54) is 30.5 Å². The highest BCUT2D eigenvalue weighted by atomic mass is 19.1. The minimum atomic E-state index is -0.713. The van der Waals surface area contributed by atoms with E-state index in [1.54, 1.807) is 9.58 Å². The second kappa shape index (κ2) is 9.46. The Bertz CT molecular complexity index is 1050. The molecule has 0 radical (unpaired) electrons. The molecule has 2 saturated heterocycles. The lowest BCUT2D eigenvalue weighted by Crippen LogP contribution is -2.49.